The monoisotopic (exact) mass is 287 g/mol. The molecular formula is C15H23ClFNO. The third-order valence-corrected chi connectivity index (χ3v) is 3.61. The zero-order valence-electron chi connectivity index (χ0n) is 12.1. The standard InChI is InChI=1S/C15H23ClFNO/c1-5-18-14(8-9-15(2,3)19-4)12-7-6-11(16)10-13(12)17/h6-7,10,14,18H,5,8-9H2,1-4H3. The van der Waals surface area contributed by atoms with Crippen molar-refractivity contribution < 1.29 is 9.13 Å². The van der Waals surface area contributed by atoms with Crippen LogP contribution >= 0.6 is 11.6 Å². The van der Waals surface area contributed by atoms with Gasteiger partial charge in [-0.25, -0.2) is 4.39 Å². The highest BCUT2D eigenvalue weighted by atomic mass is 35.5. The largest absolute Gasteiger partial charge is 0.379 e. The third kappa shape index (κ3) is 5.09. The van der Waals surface area contributed by atoms with Crippen molar-refractivity contribution in [3.63, 3.8) is 0 Å². The molecule has 4 heteroatoms. The van der Waals surface area contributed by atoms with Crippen LogP contribution in [-0.4, -0.2) is 19.3 Å². The molecule has 0 aliphatic rings. The lowest BCUT2D eigenvalue weighted by Crippen LogP contribution is -2.27. The van der Waals surface area contributed by atoms with E-state index in [1.807, 2.05) is 20.8 Å². The van der Waals surface area contributed by atoms with Crippen LogP contribution in [0, 0.1) is 5.82 Å². The van der Waals surface area contributed by atoms with E-state index in [1.54, 1.807) is 19.2 Å². The first-order chi connectivity index (χ1) is 8.89. The van der Waals surface area contributed by atoms with Crippen LogP contribution in [0.1, 0.15) is 45.2 Å². The van der Waals surface area contributed by atoms with Crippen molar-refractivity contribution >= 4 is 11.6 Å². The SMILES string of the molecule is CCNC(CCC(C)(C)OC)c1ccc(Cl)cc1F. The molecule has 108 valence electrons. The Bertz CT molecular complexity index is 409. The summed E-state index contributed by atoms with van der Waals surface area (Å²) in [7, 11) is 1.70. The number of hydrogen-bond acceptors (Lipinski definition) is 2. The zero-order chi connectivity index (χ0) is 14.5. The molecule has 0 fully saturated rings. The van der Waals surface area contributed by atoms with Gasteiger partial charge in [-0.1, -0.05) is 24.6 Å². The molecule has 0 bridgehead atoms. The summed E-state index contributed by atoms with van der Waals surface area (Å²) in [5, 5.41) is 3.74. The normalized spacial score (nSPS) is 13.6. The predicted molar refractivity (Wildman–Crippen MR) is 78.1 cm³/mol. The van der Waals surface area contributed by atoms with E-state index in [0.717, 1.165) is 19.4 Å². The van der Waals surface area contributed by atoms with Crippen LogP contribution in [0.3, 0.4) is 0 Å². The first-order valence-electron chi connectivity index (χ1n) is 6.63. The maximum Gasteiger partial charge on any atom is 0.129 e. The number of ether oxygens (including phenoxy) is 1. The van der Waals surface area contributed by atoms with E-state index in [2.05, 4.69) is 5.32 Å². The Balaban J connectivity index is 2.82. The van der Waals surface area contributed by atoms with Crippen molar-refractivity contribution in [1.82, 2.24) is 5.32 Å². The lowest BCUT2D eigenvalue weighted by Gasteiger charge is -2.26. The van der Waals surface area contributed by atoms with E-state index < -0.39 is 0 Å². The van der Waals surface area contributed by atoms with Crippen LogP contribution in [-0.2, 0) is 4.74 Å². The minimum absolute atomic E-state index is 0.0170. The average Bonchev–Trinajstić information content (AvgIpc) is 2.35. The summed E-state index contributed by atoms with van der Waals surface area (Å²) < 4.78 is 19.4. The second-order valence-electron chi connectivity index (χ2n) is 5.28. The summed E-state index contributed by atoms with van der Waals surface area (Å²) in [6, 6.07) is 4.83. The molecule has 0 saturated carbocycles. The van der Waals surface area contributed by atoms with Crippen molar-refractivity contribution in [1.29, 1.82) is 0 Å². The van der Waals surface area contributed by atoms with Gasteiger partial charge in [-0.3, -0.25) is 0 Å². The second-order valence-corrected chi connectivity index (χ2v) is 5.72. The Morgan fingerprint density at radius 1 is 1.42 bits per heavy atom. The molecule has 1 unspecified atom stereocenters. The van der Waals surface area contributed by atoms with Gasteiger partial charge in [-0.15, -0.1) is 0 Å². The van der Waals surface area contributed by atoms with Crippen LogP contribution in [0.25, 0.3) is 0 Å². The highest BCUT2D eigenvalue weighted by Gasteiger charge is 2.21. The molecule has 19 heavy (non-hydrogen) atoms. The molecule has 1 rings (SSSR count). The van der Waals surface area contributed by atoms with E-state index in [9.17, 15) is 4.39 Å². The highest BCUT2D eigenvalue weighted by Crippen LogP contribution is 2.27. The summed E-state index contributed by atoms with van der Waals surface area (Å²) in [4.78, 5) is 0. The summed E-state index contributed by atoms with van der Waals surface area (Å²) in [5.74, 6) is -0.256. The van der Waals surface area contributed by atoms with E-state index >= 15 is 0 Å². The van der Waals surface area contributed by atoms with E-state index in [-0.39, 0.29) is 17.5 Å². The minimum atomic E-state index is -0.256. The molecule has 0 spiro atoms. The number of halogens is 2. The van der Waals surface area contributed by atoms with Gasteiger partial charge in [0.1, 0.15) is 5.82 Å². The van der Waals surface area contributed by atoms with Gasteiger partial charge in [0.15, 0.2) is 0 Å². The Labute approximate surface area is 120 Å². The Hall–Kier alpha value is -0.640. The fraction of sp³-hybridized carbons (Fsp3) is 0.600. The molecule has 0 radical (unpaired) electrons. The van der Waals surface area contributed by atoms with Crippen molar-refractivity contribution in [3.05, 3.63) is 34.6 Å². The summed E-state index contributed by atoms with van der Waals surface area (Å²) in [6.45, 7) is 6.88. The molecule has 1 N–H and O–H groups in total. The van der Waals surface area contributed by atoms with Crippen molar-refractivity contribution in [3.8, 4) is 0 Å². The van der Waals surface area contributed by atoms with Gasteiger partial charge in [0.05, 0.1) is 5.60 Å². The van der Waals surface area contributed by atoms with Crippen LogP contribution in [0.5, 0.6) is 0 Å². The molecular weight excluding hydrogens is 265 g/mol. The molecule has 0 aromatic heterocycles. The van der Waals surface area contributed by atoms with Gasteiger partial charge in [0, 0.05) is 23.7 Å². The van der Waals surface area contributed by atoms with Gasteiger partial charge in [-0.05, 0) is 45.4 Å². The number of rotatable bonds is 7. The van der Waals surface area contributed by atoms with Gasteiger partial charge in [0.25, 0.3) is 0 Å². The molecule has 0 aliphatic carbocycles. The first-order valence-corrected chi connectivity index (χ1v) is 7.01. The number of nitrogens with one attached hydrogen (secondary N) is 1. The molecule has 0 heterocycles. The number of hydrogen-bond donors (Lipinski definition) is 1. The molecule has 0 aliphatic heterocycles. The first kappa shape index (κ1) is 16.4. The van der Waals surface area contributed by atoms with Crippen molar-refractivity contribution in [2.45, 2.75) is 45.3 Å². The topological polar surface area (TPSA) is 21.3 Å². The summed E-state index contributed by atoms with van der Waals surface area (Å²) in [6.07, 6.45) is 1.66. The smallest absolute Gasteiger partial charge is 0.129 e. The minimum Gasteiger partial charge on any atom is -0.379 e. The summed E-state index contributed by atoms with van der Waals surface area (Å²) >= 11 is 5.79. The fourth-order valence-electron chi connectivity index (χ4n) is 1.99. The van der Waals surface area contributed by atoms with E-state index in [4.69, 9.17) is 16.3 Å². The Kier molecular flexibility index (Phi) is 6.24. The fourth-order valence-corrected chi connectivity index (χ4v) is 2.15. The number of benzene rings is 1. The third-order valence-electron chi connectivity index (χ3n) is 3.38. The molecule has 2 nitrogen and oxygen atoms in total. The van der Waals surface area contributed by atoms with Crippen LogP contribution < -0.4 is 5.32 Å². The lowest BCUT2D eigenvalue weighted by atomic mass is 9.94. The van der Waals surface area contributed by atoms with Gasteiger partial charge in [-0.2, -0.15) is 0 Å². The van der Waals surface area contributed by atoms with Crippen molar-refractivity contribution in [2.75, 3.05) is 13.7 Å². The molecule has 0 saturated heterocycles. The van der Waals surface area contributed by atoms with Gasteiger partial charge < -0.3 is 10.1 Å². The van der Waals surface area contributed by atoms with Crippen LogP contribution in [0.15, 0.2) is 18.2 Å². The van der Waals surface area contributed by atoms with Gasteiger partial charge >= 0.3 is 0 Å². The Morgan fingerprint density at radius 2 is 2.11 bits per heavy atom. The van der Waals surface area contributed by atoms with E-state index in [1.165, 1.54) is 6.07 Å². The molecule has 1 atom stereocenters. The maximum absolute atomic E-state index is 14.0. The summed E-state index contributed by atoms with van der Waals surface area (Å²) in [5.41, 5.74) is 0.467. The molecule has 1 aromatic carbocycles. The highest BCUT2D eigenvalue weighted by molar-refractivity contribution is 6.30. The lowest BCUT2D eigenvalue weighted by molar-refractivity contribution is 0.0116. The second kappa shape index (κ2) is 7.22. The maximum atomic E-state index is 14.0. The quantitative estimate of drug-likeness (QED) is 0.806. The molecule has 1 aromatic rings. The van der Waals surface area contributed by atoms with E-state index in [0.29, 0.717) is 10.6 Å². The molecule has 0 amide bonds. The zero-order valence-corrected chi connectivity index (χ0v) is 12.9. The van der Waals surface area contributed by atoms with Crippen LogP contribution in [0.2, 0.25) is 5.02 Å². The average molecular weight is 288 g/mol. The number of methoxy groups -OCH3 is 1. The van der Waals surface area contributed by atoms with Gasteiger partial charge in [0.2, 0.25) is 0 Å². The van der Waals surface area contributed by atoms with Crippen LogP contribution in [0.4, 0.5) is 4.39 Å². The van der Waals surface area contributed by atoms with Crippen molar-refractivity contribution in [2.24, 2.45) is 0 Å². The predicted octanol–water partition coefficient (Wildman–Crippen LogP) is 4.33. The Morgan fingerprint density at radius 3 is 2.63 bits per heavy atom.